The molecular formula is C11H18BrNO. The summed E-state index contributed by atoms with van der Waals surface area (Å²) < 4.78 is 6.17. The molecule has 0 saturated carbocycles. The van der Waals surface area contributed by atoms with Gasteiger partial charge >= 0.3 is 0 Å². The quantitative estimate of drug-likeness (QED) is 0.756. The van der Waals surface area contributed by atoms with E-state index in [0.717, 1.165) is 23.5 Å². The first-order chi connectivity index (χ1) is 6.83. The Morgan fingerprint density at radius 1 is 1.29 bits per heavy atom. The lowest BCUT2D eigenvalue weighted by atomic mass is 10.2. The van der Waals surface area contributed by atoms with Crippen molar-refractivity contribution in [3.8, 4) is 0 Å². The molecule has 0 aliphatic rings. The molecule has 2 nitrogen and oxygen atoms in total. The van der Waals surface area contributed by atoms with E-state index in [2.05, 4.69) is 28.2 Å². The van der Waals surface area contributed by atoms with E-state index in [1.165, 1.54) is 25.7 Å². The van der Waals surface area contributed by atoms with Crippen LogP contribution in [0, 0.1) is 0 Å². The molecule has 0 radical (unpaired) electrons. The molecule has 1 rings (SSSR count). The average Bonchev–Trinajstić information content (AvgIpc) is 2.58. The summed E-state index contributed by atoms with van der Waals surface area (Å²) in [6, 6.07) is 3.91. The second-order valence-corrected chi connectivity index (χ2v) is 4.22. The summed E-state index contributed by atoms with van der Waals surface area (Å²) in [5, 5.41) is 3.36. The molecule has 0 bridgehead atoms. The summed E-state index contributed by atoms with van der Waals surface area (Å²) in [6.07, 6.45) is 5.22. The van der Waals surface area contributed by atoms with E-state index in [1.807, 2.05) is 12.1 Å². The number of hydrogen-bond acceptors (Lipinski definition) is 2. The van der Waals surface area contributed by atoms with Crippen molar-refractivity contribution in [2.75, 3.05) is 6.54 Å². The Morgan fingerprint density at radius 2 is 2.14 bits per heavy atom. The van der Waals surface area contributed by atoms with Crippen LogP contribution in [0.15, 0.2) is 21.2 Å². The molecule has 80 valence electrons. The van der Waals surface area contributed by atoms with Crippen LogP contribution < -0.4 is 5.32 Å². The molecule has 1 aromatic rings. The highest BCUT2D eigenvalue weighted by Gasteiger charge is 1.97. The van der Waals surface area contributed by atoms with Crippen LogP contribution in [0.1, 0.15) is 38.4 Å². The fraction of sp³-hybridized carbons (Fsp3) is 0.636. The van der Waals surface area contributed by atoms with Gasteiger partial charge in [-0.1, -0.05) is 26.2 Å². The van der Waals surface area contributed by atoms with Gasteiger partial charge in [0.2, 0.25) is 0 Å². The van der Waals surface area contributed by atoms with Crippen molar-refractivity contribution in [2.24, 2.45) is 0 Å². The Hall–Kier alpha value is -0.280. The Kier molecular flexibility index (Phi) is 5.96. The maximum absolute atomic E-state index is 5.37. The predicted molar refractivity (Wildman–Crippen MR) is 62.3 cm³/mol. The number of hydrogen-bond donors (Lipinski definition) is 1. The van der Waals surface area contributed by atoms with Crippen molar-refractivity contribution in [1.29, 1.82) is 0 Å². The summed E-state index contributed by atoms with van der Waals surface area (Å²) in [7, 11) is 0. The molecule has 1 N–H and O–H groups in total. The summed E-state index contributed by atoms with van der Waals surface area (Å²) in [5.41, 5.74) is 0. The van der Waals surface area contributed by atoms with Crippen molar-refractivity contribution < 1.29 is 4.42 Å². The van der Waals surface area contributed by atoms with Gasteiger partial charge in [0.15, 0.2) is 4.67 Å². The molecule has 1 aromatic heterocycles. The summed E-state index contributed by atoms with van der Waals surface area (Å²) in [5.74, 6) is 0.993. The van der Waals surface area contributed by atoms with E-state index in [0.29, 0.717) is 0 Å². The van der Waals surface area contributed by atoms with Crippen LogP contribution >= 0.6 is 15.9 Å². The predicted octanol–water partition coefficient (Wildman–Crippen LogP) is 3.71. The minimum Gasteiger partial charge on any atom is -0.453 e. The van der Waals surface area contributed by atoms with Crippen molar-refractivity contribution in [2.45, 2.75) is 39.2 Å². The van der Waals surface area contributed by atoms with E-state index in [1.54, 1.807) is 0 Å². The van der Waals surface area contributed by atoms with Crippen LogP contribution in [0.25, 0.3) is 0 Å². The highest BCUT2D eigenvalue weighted by atomic mass is 79.9. The molecule has 0 amide bonds. The van der Waals surface area contributed by atoms with E-state index < -0.39 is 0 Å². The zero-order valence-electron chi connectivity index (χ0n) is 8.68. The molecule has 0 unspecified atom stereocenters. The third-order valence-electron chi connectivity index (χ3n) is 2.14. The van der Waals surface area contributed by atoms with Crippen molar-refractivity contribution in [3.63, 3.8) is 0 Å². The molecule has 0 spiro atoms. The fourth-order valence-electron chi connectivity index (χ4n) is 1.34. The first-order valence-corrected chi connectivity index (χ1v) is 6.07. The van der Waals surface area contributed by atoms with Gasteiger partial charge in [-0.2, -0.15) is 0 Å². The van der Waals surface area contributed by atoms with Gasteiger partial charge in [-0.3, -0.25) is 0 Å². The monoisotopic (exact) mass is 259 g/mol. The number of nitrogens with one attached hydrogen (secondary N) is 1. The largest absolute Gasteiger partial charge is 0.453 e. The molecule has 3 heteroatoms. The number of furan rings is 1. The Morgan fingerprint density at radius 3 is 2.79 bits per heavy atom. The van der Waals surface area contributed by atoms with Gasteiger partial charge in [-0.15, -0.1) is 0 Å². The highest BCUT2D eigenvalue weighted by molar-refractivity contribution is 9.10. The van der Waals surface area contributed by atoms with Gasteiger partial charge in [-0.05, 0) is 41.0 Å². The number of unbranched alkanes of at least 4 members (excludes halogenated alkanes) is 3. The zero-order chi connectivity index (χ0) is 10.2. The molecule has 0 fully saturated rings. The number of halogens is 1. The maximum Gasteiger partial charge on any atom is 0.169 e. The van der Waals surface area contributed by atoms with Crippen molar-refractivity contribution in [3.05, 3.63) is 22.6 Å². The smallest absolute Gasteiger partial charge is 0.169 e. The zero-order valence-corrected chi connectivity index (χ0v) is 10.3. The second kappa shape index (κ2) is 7.07. The Bertz CT molecular complexity index is 247. The third kappa shape index (κ3) is 4.82. The first kappa shape index (κ1) is 11.8. The lowest BCUT2D eigenvalue weighted by Gasteiger charge is -2.01. The minimum atomic E-state index is 0.806. The van der Waals surface area contributed by atoms with E-state index in [4.69, 9.17) is 4.42 Å². The van der Waals surface area contributed by atoms with Gasteiger partial charge in [0.05, 0.1) is 6.54 Å². The molecule has 0 saturated heterocycles. The van der Waals surface area contributed by atoms with Crippen molar-refractivity contribution >= 4 is 15.9 Å². The maximum atomic E-state index is 5.37. The van der Waals surface area contributed by atoms with Crippen LogP contribution in [0.4, 0.5) is 0 Å². The Labute approximate surface area is 94.2 Å². The summed E-state index contributed by atoms with van der Waals surface area (Å²) in [4.78, 5) is 0. The van der Waals surface area contributed by atoms with Crippen molar-refractivity contribution in [1.82, 2.24) is 5.32 Å². The summed E-state index contributed by atoms with van der Waals surface area (Å²) >= 11 is 3.28. The SMILES string of the molecule is CCCCCCNCc1ccc(Br)o1. The van der Waals surface area contributed by atoms with Gasteiger partial charge in [-0.25, -0.2) is 0 Å². The topological polar surface area (TPSA) is 25.2 Å². The second-order valence-electron chi connectivity index (χ2n) is 3.44. The molecule has 14 heavy (non-hydrogen) atoms. The van der Waals surface area contributed by atoms with Crippen LogP contribution in [0.5, 0.6) is 0 Å². The van der Waals surface area contributed by atoms with E-state index in [-0.39, 0.29) is 0 Å². The van der Waals surface area contributed by atoms with Gasteiger partial charge in [0.25, 0.3) is 0 Å². The molecule has 0 aliphatic heterocycles. The summed E-state index contributed by atoms with van der Waals surface area (Å²) in [6.45, 7) is 4.14. The lowest BCUT2D eigenvalue weighted by Crippen LogP contribution is -2.13. The molecule has 0 atom stereocenters. The first-order valence-electron chi connectivity index (χ1n) is 5.28. The van der Waals surface area contributed by atoms with Crippen LogP contribution in [0.3, 0.4) is 0 Å². The molecule has 0 aromatic carbocycles. The minimum absolute atomic E-state index is 0.806. The fourth-order valence-corrected chi connectivity index (χ4v) is 1.68. The normalized spacial score (nSPS) is 10.7. The lowest BCUT2D eigenvalue weighted by molar-refractivity contribution is 0.461. The third-order valence-corrected chi connectivity index (χ3v) is 2.56. The molecule has 0 aliphatic carbocycles. The molecular weight excluding hydrogens is 242 g/mol. The number of rotatable bonds is 7. The van der Waals surface area contributed by atoms with Gasteiger partial charge in [0.1, 0.15) is 5.76 Å². The van der Waals surface area contributed by atoms with E-state index >= 15 is 0 Å². The standard InChI is InChI=1S/C11H18BrNO/c1-2-3-4-5-8-13-9-10-6-7-11(12)14-10/h6-7,13H,2-5,8-9H2,1H3. The van der Waals surface area contributed by atoms with Crippen LogP contribution in [-0.4, -0.2) is 6.54 Å². The van der Waals surface area contributed by atoms with Crippen LogP contribution in [0.2, 0.25) is 0 Å². The van der Waals surface area contributed by atoms with Gasteiger partial charge < -0.3 is 9.73 Å². The van der Waals surface area contributed by atoms with E-state index in [9.17, 15) is 0 Å². The highest BCUT2D eigenvalue weighted by Crippen LogP contribution is 2.13. The van der Waals surface area contributed by atoms with Crippen LogP contribution in [-0.2, 0) is 6.54 Å². The molecule has 1 heterocycles. The Balaban J connectivity index is 1.99. The average molecular weight is 260 g/mol. The van der Waals surface area contributed by atoms with Gasteiger partial charge in [0, 0.05) is 0 Å².